The second kappa shape index (κ2) is 4.17. The number of alkyl halides is 1. The van der Waals surface area contributed by atoms with Gasteiger partial charge in [-0.05, 0) is 25.5 Å². The van der Waals surface area contributed by atoms with Crippen molar-refractivity contribution in [2.24, 2.45) is 0 Å². The molecule has 0 unspecified atom stereocenters. The molecule has 0 atom stereocenters. The number of aromatic nitrogens is 1. The lowest BCUT2D eigenvalue weighted by atomic mass is 10.0. The second-order valence-electron chi connectivity index (χ2n) is 4.56. The number of hydrogen-bond donors (Lipinski definition) is 0. The zero-order chi connectivity index (χ0) is 11.8. The topological polar surface area (TPSA) is 33.2 Å². The highest BCUT2D eigenvalue weighted by Crippen LogP contribution is 2.24. The van der Waals surface area contributed by atoms with Crippen LogP contribution in [-0.4, -0.2) is 26.7 Å². The Balaban J connectivity index is 2.17. The van der Waals surface area contributed by atoms with Crippen molar-refractivity contribution < 1.29 is 4.79 Å². The summed E-state index contributed by atoms with van der Waals surface area (Å²) < 4.78 is -0.479. The molecule has 0 aliphatic carbocycles. The predicted octanol–water partition coefficient (Wildman–Crippen LogP) is 2.14. The first-order chi connectivity index (χ1) is 7.48. The molecular formula is C12H15BrN2O. The monoisotopic (exact) mass is 282 g/mol. The first-order valence-corrected chi connectivity index (χ1v) is 6.19. The molecule has 0 saturated carbocycles. The lowest BCUT2D eigenvalue weighted by molar-refractivity contribution is -0.133. The van der Waals surface area contributed by atoms with Crippen LogP contribution in [0.5, 0.6) is 0 Å². The summed E-state index contributed by atoms with van der Waals surface area (Å²) in [6.07, 6.45) is 2.66. The van der Waals surface area contributed by atoms with E-state index in [0.717, 1.165) is 18.7 Å². The standard InChI is InChI=1S/C12H15BrN2O/c1-12(2,13)11(16)15-7-5-10-9(8-15)4-3-6-14-10/h3-4,6H,5,7-8H2,1-2H3. The molecule has 1 aromatic heterocycles. The molecule has 0 saturated heterocycles. The molecule has 2 heterocycles. The summed E-state index contributed by atoms with van der Waals surface area (Å²) in [4.78, 5) is 18.3. The van der Waals surface area contributed by atoms with E-state index < -0.39 is 4.32 Å². The van der Waals surface area contributed by atoms with Crippen LogP contribution in [0, 0.1) is 0 Å². The van der Waals surface area contributed by atoms with Gasteiger partial charge in [-0.3, -0.25) is 9.78 Å². The number of nitrogens with zero attached hydrogens (tertiary/aromatic N) is 2. The van der Waals surface area contributed by atoms with Crippen molar-refractivity contribution in [1.82, 2.24) is 9.88 Å². The van der Waals surface area contributed by atoms with E-state index >= 15 is 0 Å². The third-order valence-electron chi connectivity index (χ3n) is 2.76. The zero-order valence-electron chi connectivity index (χ0n) is 9.53. The van der Waals surface area contributed by atoms with Crippen LogP contribution in [0.15, 0.2) is 18.3 Å². The van der Waals surface area contributed by atoms with E-state index in [9.17, 15) is 4.79 Å². The maximum atomic E-state index is 12.1. The first kappa shape index (κ1) is 11.6. The molecule has 86 valence electrons. The minimum Gasteiger partial charge on any atom is -0.337 e. The Kier molecular flexibility index (Phi) is 3.02. The Morgan fingerprint density at radius 3 is 3.00 bits per heavy atom. The van der Waals surface area contributed by atoms with Gasteiger partial charge in [-0.15, -0.1) is 0 Å². The van der Waals surface area contributed by atoms with Crippen molar-refractivity contribution in [2.75, 3.05) is 6.54 Å². The number of halogens is 1. The molecule has 2 rings (SSSR count). The number of rotatable bonds is 1. The fourth-order valence-electron chi connectivity index (χ4n) is 1.92. The fourth-order valence-corrected chi connectivity index (χ4v) is 2.17. The van der Waals surface area contributed by atoms with Gasteiger partial charge in [-0.2, -0.15) is 0 Å². The normalized spacial score (nSPS) is 15.8. The van der Waals surface area contributed by atoms with Crippen LogP contribution >= 0.6 is 15.9 Å². The molecule has 0 N–H and O–H groups in total. The summed E-state index contributed by atoms with van der Waals surface area (Å²) in [6.45, 7) is 5.21. The largest absolute Gasteiger partial charge is 0.337 e. The molecule has 4 heteroatoms. The first-order valence-electron chi connectivity index (χ1n) is 5.39. The van der Waals surface area contributed by atoms with Gasteiger partial charge in [-0.25, -0.2) is 0 Å². The summed E-state index contributed by atoms with van der Waals surface area (Å²) in [5.74, 6) is 0.141. The number of pyridine rings is 1. The highest BCUT2D eigenvalue weighted by Gasteiger charge is 2.31. The summed E-state index contributed by atoms with van der Waals surface area (Å²) in [6, 6.07) is 3.97. The molecule has 1 amide bonds. The molecule has 1 aliphatic heterocycles. The summed E-state index contributed by atoms with van der Waals surface area (Å²) in [5, 5.41) is 0. The van der Waals surface area contributed by atoms with E-state index in [1.54, 1.807) is 0 Å². The van der Waals surface area contributed by atoms with Gasteiger partial charge in [-0.1, -0.05) is 22.0 Å². The maximum absolute atomic E-state index is 12.1. The van der Waals surface area contributed by atoms with Gasteiger partial charge in [0.2, 0.25) is 5.91 Å². The fraction of sp³-hybridized carbons (Fsp3) is 0.500. The number of fused-ring (bicyclic) bond motifs is 1. The molecule has 3 nitrogen and oxygen atoms in total. The van der Waals surface area contributed by atoms with Crippen molar-refractivity contribution >= 4 is 21.8 Å². The molecule has 0 bridgehead atoms. The lowest BCUT2D eigenvalue weighted by Gasteiger charge is -2.32. The molecule has 1 aliphatic rings. The molecule has 0 fully saturated rings. The van der Waals surface area contributed by atoms with Gasteiger partial charge >= 0.3 is 0 Å². The third-order valence-corrected chi connectivity index (χ3v) is 3.10. The van der Waals surface area contributed by atoms with Crippen LogP contribution in [0.1, 0.15) is 25.1 Å². The minimum atomic E-state index is -0.479. The molecular weight excluding hydrogens is 268 g/mol. The van der Waals surface area contributed by atoms with Crippen molar-refractivity contribution in [3.8, 4) is 0 Å². The molecule has 0 aromatic carbocycles. The van der Waals surface area contributed by atoms with Gasteiger partial charge in [0.25, 0.3) is 0 Å². The van der Waals surface area contributed by atoms with E-state index in [2.05, 4.69) is 20.9 Å². The van der Waals surface area contributed by atoms with Crippen LogP contribution in [0.2, 0.25) is 0 Å². The Bertz CT molecular complexity index is 412. The summed E-state index contributed by atoms with van der Waals surface area (Å²) in [7, 11) is 0. The SMILES string of the molecule is CC(C)(Br)C(=O)N1CCc2ncccc2C1. The average Bonchev–Trinajstić information content (AvgIpc) is 2.26. The van der Waals surface area contributed by atoms with Gasteiger partial charge in [0, 0.05) is 31.4 Å². The predicted molar refractivity (Wildman–Crippen MR) is 66.4 cm³/mol. The van der Waals surface area contributed by atoms with Crippen molar-refractivity contribution in [2.45, 2.75) is 31.1 Å². The van der Waals surface area contributed by atoms with Crippen molar-refractivity contribution in [3.05, 3.63) is 29.6 Å². The third kappa shape index (κ3) is 2.26. The van der Waals surface area contributed by atoms with Crippen LogP contribution in [-0.2, 0) is 17.8 Å². The van der Waals surface area contributed by atoms with Gasteiger partial charge in [0.1, 0.15) is 0 Å². The highest BCUT2D eigenvalue weighted by atomic mass is 79.9. The number of amides is 1. The Labute approximate surface area is 104 Å². The summed E-state index contributed by atoms with van der Waals surface area (Å²) in [5.41, 5.74) is 2.29. The highest BCUT2D eigenvalue weighted by molar-refractivity contribution is 9.10. The minimum absolute atomic E-state index is 0.141. The maximum Gasteiger partial charge on any atom is 0.239 e. The van der Waals surface area contributed by atoms with Crippen LogP contribution in [0.25, 0.3) is 0 Å². The average molecular weight is 283 g/mol. The van der Waals surface area contributed by atoms with Gasteiger partial charge in [0.05, 0.1) is 4.32 Å². The van der Waals surface area contributed by atoms with Crippen LogP contribution in [0.4, 0.5) is 0 Å². The van der Waals surface area contributed by atoms with Crippen LogP contribution < -0.4 is 0 Å². The Hall–Kier alpha value is -0.900. The number of carbonyl (C=O) groups excluding carboxylic acids is 1. The van der Waals surface area contributed by atoms with Crippen LogP contribution in [0.3, 0.4) is 0 Å². The van der Waals surface area contributed by atoms with E-state index in [4.69, 9.17) is 0 Å². The quantitative estimate of drug-likeness (QED) is 0.740. The van der Waals surface area contributed by atoms with E-state index in [1.807, 2.05) is 37.1 Å². The smallest absolute Gasteiger partial charge is 0.239 e. The number of hydrogen-bond acceptors (Lipinski definition) is 2. The summed E-state index contributed by atoms with van der Waals surface area (Å²) >= 11 is 3.41. The van der Waals surface area contributed by atoms with E-state index in [0.29, 0.717) is 6.54 Å². The number of carbonyl (C=O) groups is 1. The second-order valence-corrected chi connectivity index (χ2v) is 6.54. The molecule has 0 spiro atoms. The van der Waals surface area contributed by atoms with Gasteiger partial charge in [0.15, 0.2) is 0 Å². The van der Waals surface area contributed by atoms with Crippen molar-refractivity contribution in [1.29, 1.82) is 0 Å². The Morgan fingerprint density at radius 1 is 1.56 bits per heavy atom. The van der Waals surface area contributed by atoms with Crippen molar-refractivity contribution in [3.63, 3.8) is 0 Å². The lowest BCUT2D eigenvalue weighted by Crippen LogP contribution is -2.44. The molecule has 16 heavy (non-hydrogen) atoms. The van der Waals surface area contributed by atoms with E-state index in [1.165, 1.54) is 5.56 Å². The molecule has 1 aromatic rings. The zero-order valence-corrected chi connectivity index (χ0v) is 11.1. The van der Waals surface area contributed by atoms with E-state index in [-0.39, 0.29) is 5.91 Å². The Morgan fingerprint density at radius 2 is 2.31 bits per heavy atom. The molecule has 0 radical (unpaired) electrons. The van der Waals surface area contributed by atoms with Gasteiger partial charge < -0.3 is 4.90 Å².